The van der Waals surface area contributed by atoms with Crippen molar-refractivity contribution in [3.05, 3.63) is 52.8 Å². The van der Waals surface area contributed by atoms with Crippen molar-refractivity contribution in [3.63, 3.8) is 0 Å². The summed E-state index contributed by atoms with van der Waals surface area (Å²) in [6.07, 6.45) is 0. The van der Waals surface area contributed by atoms with Gasteiger partial charge in [-0.05, 0) is 36.4 Å². The summed E-state index contributed by atoms with van der Waals surface area (Å²) in [6.45, 7) is 0. The lowest BCUT2D eigenvalue weighted by Crippen LogP contribution is -2.13. The number of sulfonamides is 1. The first kappa shape index (κ1) is 14.8. The Bertz CT molecular complexity index is 717. The monoisotopic (exact) mass is 359 g/mol. The number of hydrogen-bond acceptors (Lipinski definition) is 3. The zero-order valence-electron chi connectivity index (χ0n) is 10.4. The van der Waals surface area contributed by atoms with Gasteiger partial charge in [-0.25, -0.2) is 12.8 Å². The molecule has 20 heavy (non-hydrogen) atoms. The third-order valence-corrected chi connectivity index (χ3v) is 4.45. The average molecular weight is 360 g/mol. The molecule has 0 amide bonds. The summed E-state index contributed by atoms with van der Waals surface area (Å²) in [5.74, 6) is -0.583. The van der Waals surface area contributed by atoms with Crippen molar-refractivity contribution in [1.82, 2.24) is 0 Å². The van der Waals surface area contributed by atoms with Gasteiger partial charge in [-0.2, -0.15) is 0 Å². The molecule has 106 valence electrons. The van der Waals surface area contributed by atoms with Gasteiger partial charge in [0.15, 0.2) is 11.6 Å². The Balaban J connectivity index is 2.28. The summed E-state index contributed by atoms with van der Waals surface area (Å²) < 4.78 is 45.6. The van der Waals surface area contributed by atoms with E-state index in [1.54, 1.807) is 12.1 Å². The molecular weight excluding hydrogens is 349 g/mol. The van der Waals surface area contributed by atoms with Crippen molar-refractivity contribution in [3.8, 4) is 5.75 Å². The molecule has 0 aromatic heterocycles. The molecular formula is C13H11BrFNO3S. The van der Waals surface area contributed by atoms with E-state index < -0.39 is 15.8 Å². The normalized spacial score (nSPS) is 11.2. The van der Waals surface area contributed by atoms with Crippen molar-refractivity contribution in [2.75, 3.05) is 11.8 Å². The second kappa shape index (κ2) is 5.80. The molecule has 0 aliphatic heterocycles. The van der Waals surface area contributed by atoms with E-state index in [9.17, 15) is 12.8 Å². The van der Waals surface area contributed by atoms with Crippen LogP contribution in [-0.2, 0) is 10.0 Å². The Hall–Kier alpha value is -1.60. The number of halogens is 2. The van der Waals surface area contributed by atoms with Gasteiger partial charge in [0.05, 0.1) is 17.7 Å². The lowest BCUT2D eigenvalue weighted by Gasteiger charge is -2.09. The molecule has 0 saturated heterocycles. The second-order valence-electron chi connectivity index (χ2n) is 3.91. The zero-order valence-corrected chi connectivity index (χ0v) is 12.8. The van der Waals surface area contributed by atoms with E-state index in [1.807, 2.05) is 0 Å². The van der Waals surface area contributed by atoms with Gasteiger partial charge < -0.3 is 4.74 Å². The molecule has 0 aliphatic carbocycles. The van der Waals surface area contributed by atoms with E-state index in [1.165, 1.54) is 31.4 Å². The zero-order chi connectivity index (χ0) is 14.8. The Morgan fingerprint density at radius 2 is 1.80 bits per heavy atom. The molecule has 2 aromatic carbocycles. The summed E-state index contributed by atoms with van der Waals surface area (Å²) in [7, 11) is -2.41. The van der Waals surface area contributed by atoms with E-state index in [-0.39, 0.29) is 16.3 Å². The average Bonchev–Trinajstić information content (AvgIpc) is 2.39. The molecule has 0 unspecified atom stereocenters. The van der Waals surface area contributed by atoms with Crippen LogP contribution in [0.5, 0.6) is 5.75 Å². The molecule has 7 heteroatoms. The van der Waals surface area contributed by atoms with Gasteiger partial charge in [0.2, 0.25) is 0 Å². The van der Waals surface area contributed by atoms with Crippen LogP contribution in [0.4, 0.5) is 10.1 Å². The highest BCUT2D eigenvalue weighted by Crippen LogP contribution is 2.23. The first-order valence-electron chi connectivity index (χ1n) is 5.54. The fourth-order valence-corrected chi connectivity index (χ4v) is 2.87. The second-order valence-corrected chi connectivity index (χ2v) is 6.51. The quantitative estimate of drug-likeness (QED) is 0.909. The SMILES string of the molecule is COc1ccc(NS(=O)(=O)c2ccc(Br)cc2)cc1F. The van der Waals surface area contributed by atoms with Crippen molar-refractivity contribution in [2.24, 2.45) is 0 Å². The van der Waals surface area contributed by atoms with E-state index in [2.05, 4.69) is 20.7 Å². The standard InChI is InChI=1S/C13H11BrFNO3S/c1-19-13-7-4-10(8-12(13)15)16-20(17,18)11-5-2-9(14)3-6-11/h2-8,16H,1H3. The minimum Gasteiger partial charge on any atom is -0.494 e. The largest absolute Gasteiger partial charge is 0.494 e. The van der Waals surface area contributed by atoms with Crippen LogP contribution in [-0.4, -0.2) is 15.5 Å². The molecule has 4 nitrogen and oxygen atoms in total. The summed E-state index contributed by atoms with van der Waals surface area (Å²) in [5, 5.41) is 0. The topological polar surface area (TPSA) is 55.4 Å². The van der Waals surface area contributed by atoms with Gasteiger partial charge in [-0.1, -0.05) is 15.9 Å². The number of hydrogen-bond donors (Lipinski definition) is 1. The molecule has 0 fully saturated rings. The Morgan fingerprint density at radius 1 is 1.15 bits per heavy atom. The molecule has 0 saturated carbocycles. The minimum atomic E-state index is -3.74. The maximum Gasteiger partial charge on any atom is 0.261 e. The molecule has 2 aromatic rings. The minimum absolute atomic E-state index is 0.0524. The highest BCUT2D eigenvalue weighted by atomic mass is 79.9. The number of rotatable bonds is 4. The number of nitrogens with one attached hydrogen (secondary N) is 1. The van der Waals surface area contributed by atoms with E-state index in [0.717, 1.165) is 10.5 Å². The molecule has 1 N–H and O–H groups in total. The first-order valence-corrected chi connectivity index (χ1v) is 7.82. The summed E-state index contributed by atoms with van der Waals surface area (Å²) >= 11 is 3.23. The van der Waals surface area contributed by atoms with E-state index >= 15 is 0 Å². The summed E-state index contributed by atoms with van der Waals surface area (Å²) in [4.78, 5) is 0.0944. The number of methoxy groups -OCH3 is 1. The summed E-state index contributed by atoms with van der Waals surface area (Å²) in [5.41, 5.74) is 0.131. The predicted octanol–water partition coefficient (Wildman–Crippen LogP) is 3.40. The van der Waals surface area contributed by atoms with Gasteiger partial charge in [-0.3, -0.25) is 4.72 Å². The highest BCUT2D eigenvalue weighted by molar-refractivity contribution is 9.10. The van der Waals surface area contributed by atoms with Gasteiger partial charge in [0.1, 0.15) is 0 Å². The van der Waals surface area contributed by atoms with Crippen LogP contribution in [0.2, 0.25) is 0 Å². The van der Waals surface area contributed by atoms with Crippen LogP contribution in [0.15, 0.2) is 51.8 Å². The molecule has 0 heterocycles. The van der Waals surface area contributed by atoms with Gasteiger partial charge >= 0.3 is 0 Å². The molecule has 0 atom stereocenters. The van der Waals surface area contributed by atoms with Crippen molar-refractivity contribution in [1.29, 1.82) is 0 Å². The predicted molar refractivity (Wildman–Crippen MR) is 77.9 cm³/mol. The van der Waals surface area contributed by atoms with Crippen LogP contribution in [0.25, 0.3) is 0 Å². The third-order valence-electron chi connectivity index (χ3n) is 2.53. The van der Waals surface area contributed by atoms with Gasteiger partial charge in [0.25, 0.3) is 10.0 Å². The van der Waals surface area contributed by atoms with Crippen molar-refractivity contribution < 1.29 is 17.5 Å². The third kappa shape index (κ3) is 3.29. The molecule has 0 aliphatic rings. The van der Waals surface area contributed by atoms with Crippen LogP contribution in [0.3, 0.4) is 0 Å². The smallest absolute Gasteiger partial charge is 0.261 e. The van der Waals surface area contributed by atoms with E-state index in [4.69, 9.17) is 4.74 Å². The number of anilines is 1. The van der Waals surface area contributed by atoms with Gasteiger partial charge in [0, 0.05) is 10.5 Å². The highest BCUT2D eigenvalue weighted by Gasteiger charge is 2.15. The maximum atomic E-state index is 13.5. The summed E-state index contributed by atoms with van der Waals surface area (Å²) in [6, 6.07) is 9.98. The Morgan fingerprint density at radius 3 is 2.35 bits per heavy atom. The Kier molecular flexibility index (Phi) is 4.29. The van der Waals surface area contributed by atoms with Crippen LogP contribution < -0.4 is 9.46 Å². The van der Waals surface area contributed by atoms with Gasteiger partial charge in [-0.15, -0.1) is 0 Å². The van der Waals surface area contributed by atoms with Crippen molar-refractivity contribution in [2.45, 2.75) is 4.90 Å². The number of ether oxygens (including phenoxy) is 1. The number of benzene rings is 2. The fourth-order valence-electron chi connectivity index (χ4n) is 1.56. The maximum absolute atomic E-state index is 13.5. The molecule has 0 radical (unpaired) electrons. The lowest BCUT2D eigenvalue weighted by molar-refractivity contribution is 0.386. The van der Waals surface area contributed by atoms with E-state index in [0.29, 0.717) is 0 Å². The fraction of sp³-hybridized carbons (Fsp3) is 0.0769. The molecule has 0 spiro atoms. The molecule has 2 rings (SSSR count). The van der Waals surface area contributed by atoms with Crippen LogP contribution in [0.1, 0.15) is 0 Å². The van der Waals surface area contributed by atoms with Crippen LogP contribution >= 0.6 is 15.9 Å². The molecule has 0 bridgehead atoms. The van der Waals surface area contributed by atoms with Crippen molar-refractivity contribution >= 4 is 31.6 Å². The first-order chi connectivity index (χ1) is 9.42. The Labute approximate surface area is 124 Å². The lowest BCUT2D eigenvalue weighted by atomic mass is 10.3. The van der Waals surface area contributed by atoms with Crippen LogP contribution in [0, 0.1) is 5.82 Å².